The van der Waals surface area contributed by atoms with Crippen LogP contribution >= 0.6 is 15.2 Å². The first kappa shape index (κ1) is 34.3. The minimum Gasteiger partial charge on any atom is -0.508 e. The number of benzene rings is 2. The molecule has 0 aliphatic carbocycles. The maximum Gasteiger partial charge on any atom is 0.344 e. The minimum atomic E-state index is -4.91. The second-order valence-electron chi connectivity index (χ2n) is 9.56. The number of phenols is 2. The van der Waals surface area contributed by atoms with Crippen molar-refractivity contribution in [1.29, 1.82) is 0 Å². The highest BCUT2D eigenvalue weighted by Crippen LogP contribution is 2.44. The van der Waals surface area contributed by atoms with E-state index < -0.39 is 33.9 Å². The van der Waals surface area contributed by atoms with Gasteiger partial charge in [0.1, 0.15) is 23.6 Å². The van der Waals surface area contributed by atoms with Gasteiger partial charge in [-0.15, -0.1) is 0 Å². The summed E-state index contributed by atoms with van der Waals surface area (Å²) in [6.07, 6.45) is 0.119. The van der Waals surface area contributed by atoms with E-state index in [2.05, 4.69) is 0 Å². The van der Waals surface area contributed by atoms with Gasteiger partial charge in [-0.25, -0.2) is 0 Å². The topological polar surface area (TPSA) is 223 Å². The number of hydrogen-bond acceptors (Lipinski definition) is 9. The van der Waals surface area contributed by atoms with Crippen molar-refractivity contribution in [1.82, 2.24) is 9.80 Å². The van der Waals surface area contributed by atoms with Crippen LogP contribution in [-0.4, -0.2) is 86.7 Å². The SMILES string of the molecule is CCc1cc(CO)cc(O)c1CN(CCN(Cc1c(O)ccc(CO)c1CC)[C@H](CO)P(=O)(O)O)CP(=O)(O)O. The first-order chi connectivity index (χ1) is 18.7. The van der Waals surface area contributed by atoms with Crippen molar-refractivity contribution in [3.63, 3.8) is 0 Å². The van der Waals surface area contributed by atoms with Crippen LogP contribution < -0.4 is 0 Å². The summed E-state index contributed by atoms with van der Waals surface area (Å²) in [5, 5.41) is 50.3. The van der Waals surface area contributed by atoms with Crippen molar-refractivity contribution in [2.24, 2.45) is 0 Å². The zero-order valence-electron chi connectivity index (χ0n) is 22.6. The lowest BCUT2D eigenvalue weighted by atomic mass is 9.97. The van der Waals surface area contributed by atoms with E-state index in [0.717, 1.165) is 0 Å². The highest BCUT2D eigenvalue weighted by molar-refractivity contribution is 7.52. The third-order valence-electron chi connectivity index (χ3n) is 6.77. The van der Waals surface area contributed by atoms with Crippen molar-refractivity contribution in [2.75, 3.05) is 26.0 Å². The van der Waals surface area contributed by atoms with Crippen LogP contribution in [0.3, 0.4) is 0 Å². The van der Waals surface area contributed by atoms with Crippen LogP contribution in [0, 0.1) is 0 Å². The molecule has 0 fully saturated rings. The number of aryl methyl sites for hydroxylation is 1. The molecule has 0 spiro atoms. The van der Waals surface area contributed by atoms with Crippen molar-refractivity contribution in [3.05, 3.63) is 57.6 Å². The first-order valence-electron chi connectivity index (χ1n) is 12.7. The van der Waals surface area contributed by atoms with Crippen molar-refractivity contribution in [2.45, 2.75) is 58.8 Å². The highest BCUT2D eigenvalue weighted by Gasteiger charge is 2.35. The standard InChI is InChI=1S/C25H40N2O11P2/c1-3-18-9-17(13-28)10-24(32)21(18)11-26(16-39(33,34)35)7-8-27(25(15-30)40(36,37)38)12-22-20(4-2)19(14-29)5-6-23(22)31/h5-6,9-10,25,28-32H,3-4,7-8,11-16H2,1-2H3,(H2,33,34,35)(H2,36,37,38)/t25-/m0/s1. The Kier molecular flexibility index (Phi) is 12.8. The van der Waals surface area contributed by atoms with Gasteiger partial charge >= 0.3 is 15.2 Å². The molecule has 15 heteroatoms. The van der Waals surface area contributed by atoms with E-state index in [1.54, 1.807) is 13.0 Å². The van der Waals surface area contributed by atoms with Crippen LogP contribution in [0.25, 0.3) is 0 Å². The summed E-state index contributed by atoms with van der Waals surface area (Å²) in [7, 11) is -9.53. The molecular formula is C25H40N2O11P2. The third kappa shape index (κ3) is 9.34. The molecule has 0 saturated heterocycles. The monoisotopic (exact) mass is 606 g/mol. The number of aromatic hydroxyl groups is 2. The molecular weight excluding hydrogens is 566 g/mol. The summed E-state index contributed by atoms with van der Waals surface area (Å²) in [5.41, 5.74) is 2.89. The van der Waals surface area contributed by atoms with Crippen LogP contribution in [0.15, 0.2) is 24.3 Å². The molecule has 0 unspecified atom stereocenters. The summed E-state index contributed by atoms with van der Waals surface area (Å²) < 4.78 is 24.3. The number of aliphatic hydroxyl groups is 3. The number of aliphatic hydroxyl groups excluding tert-OH is 3. The lowest BCUT2D eigenvalue weighted by molar-refractivity contribution is 0.124. The Morgan fingerprint density at radius 3 is 1.95 bits per heavy atom. The van der Waals surface area contributed by atoms with Gasteiger partial charge in [-0.05, 0) is 47.2 Å². The minimum absolute atomic E-state index is 0.120. The molecule has 40 heavy (non-hydrogen) atoms. The second-order valence-corrected chi connectivity index (χ2v) is 12.9. The van der Waals surface area contributed by atoms with Gasteiger partial charge in [0, 0.05) is 37.3 Å². The highest BCUT2D eigenvalue weighted by atomic mass is 31.2. The number of hydrogen-bond donors (Lipinski definition) is 9. The van der Waals surface area contributed by atoms with Crippen molar-refractivity contribution >= 4 is 15.2 Å². The average Bonchev–Trinajstić information content (AvgIpc) is 2.87. The van der Waals surface area contributed by atoms with Gasteiger partial charge in [0.2, 0.25) is 0 Å². The molecule has 13 nitrogen and oxygen atoms in total. The smallest absolute Gasteiger partial charge is 0.344 e. The van der Waals surface area contributed by atoms with Gasteiger partial charge in [0.05, 0.1) is 19.8 Å². The number of rotatable bonds is 16. The molecule has 0 amide bonds. The lowest BCUT2D eigenvalue weighted by Gasteiger charge is -2.34. The Bertz CT molecular complexity index is 1230. The maximum absolute atomic E-state index is 12.3. The molecule has 9 N–H and O–H groups in total. The van der Waals surface area contributed by atoms with Crippen molar-refractivity contribution in [3.8, 4) is 11.5 Å². The van der Waals surface area contributed by atoms with E-state index in [-0.39, 0.29) is 50.9 Å². The molecule has 0 radical (unpaired) electrons. The van der Waals surface area contributed by atoms with Gasteiger partial charge in [-0.2, -0.15) is 0 Å². The Hall–Kier alpha value is -1.86. The predicted molar refractivity (Wildman–Crippen MR) is 147 cm³/mol. The Balaban J connectivity index is 2.49. The largest absolute Gasteiger partial charge is 0.508 e. The summed E-state index contributed by atoms with van der Waals surface area (Å²) in [6, 6.07) is 5.93. The average molecular weight is 607 g/mol. The van der Waals surface area contributed by atoms with Crippen LogP contribution in [0.4, 0.5) is 0 Å². The number of nitrogens with zero attached hydrogens (tertiary/aromatic N) is 2. The van der Waals surface area contributed by atoms with E-state index in [9.17, 15) is 54.2 Å². The molecule has 1 atom stereocenters. The zero-order chi connectivity index (χ0) is 30.3. The van der Waals surface area contributed by atoms with Gasteiger partial charge < -0.3 is 45.1 Å². The van der Waals surface area contributed by atoms with Gasteiger partial charge in [0.25, 0.3) is 0 Å². The fourth-order valence-electron chi connectivity index (χ4n) is 4.79. The fourth-order valence-corrected chi connectivity index (χ4v) is 6.39. The Labute approximate surface area is 233 Å². The Morgan fingerprint density at radius 2 is 1.45 bits per heavy atom. The molecule has 2 aromatic rings. The maximum atomic E-state index is 12.3. The molecule has 2 rings (SSSR count). The summed E-state index contributed by atoms with van der Waals surface area (Å²) in [5.74, 6) is -2.03. The second kappa shape index (κ2) is 14.9. The quantitative estimate of drug-likeness (QED) is 0.122. The van der Waals surface area contributed by atoms with E-state index in [1.165, 1.54) is 28.0 Å². The van der Waals surface area contributed by atoms with E-state index >= 15 is 0 Å². The molecule has 226 valence electrons. The zero-order valence-corrected chi connectivity index (χ0v) is 24.4. The van der Waals surface area contributed by atoms with Crippen LogP contribution in [-0.2, 0) is 48.3 Å². The molecule has 0 aliphatic heterocycles. The Morgan fingerprint density at radius 1 is 0.775 bits per heavy atom. The summed E-state index contributed by atoms with van der Waals surface area (Å²) in [6.45, 7) is 1.34. The van der Waals surface area contributed by atoms with Gasteiger partial charge in [-0.3, -0.25) is 18.9 Å². The van der Waals surface area contributed by atoms with Crippen LogP contribution in [0.5, 0.6) is 11.5 Å². The van der Waals surface area contributed by atoms with Gasteiger partial charge in [0.15, 0.2) is 0 Å². The van der Waals surface area contributed by atoms with Crippen LogP contribution in [0.2, 0.25) is 0 Å². The first-order valence-corrected chi connectivity index (χ1v) is 16.2. The lowest BCUT2D eigenvalue weighted by Crippen LogP contribution is -2.42. The molecule has 2 aromatic carbocycles. The van der Waals surface area contributed by atoms with Crippen LogP contribution in [0.1, 0.15) is 47.2 Å². The third-order valence-corrected chi connectivity index (χ3v) is 8.81. The fraction of sp³-hybridized carbons (Fsp3) is 0.520. The molecule has 0 heterocycles. The number of phenolic OH excluding ortho intramolecular Hbond substituents is 2. The van der Waals surface area contributed by atoms with E-state index in [1.807, 2.05) is 6.92 Å². The normalized spacial score (nSPS) is 13.4. The van der Waals surface area contributed by atoms with Crippen molar-refractivity contribution < 1.29 is 54.2 Å². The molecule has 0 aromatic heterocycles. The molecule has 0 saturated carbocycles. The summed E-state index contributed by atoms with van der Waals surface area (Å²) in [4.78, 5) is 42.0. The molecule has 0 aliphatic rings. The predicted octanol–water partition coefficient (Wildman–Crippen LogP) is 1.14. The van der Waals surface area contributed by atoms with E-state index in [4.69, 9.17) is 0 Å². The van der Waals surface area contributed by atoms with E-state index in [0.29, 0.717) is 46.2 Å². The molecule has 0 bridgehead atoms. The van der Waals surface area contributed by atoms with Gasteiger partial charge in [-0.1, -0.05) is 26.0 Å². The summed E-state index contributed by atoms with van der Waals surface area (Å²) >= 11 is 0.